The Labute approximate surface area is 154 Å². The molecule has 0 saturated carbocycles. The molecule has 0 saturated heterocycles. The van der Waals surface area contributed by atoms with Crippen molar-refractivity contribution in [1.29, 1.82) is 0 Å². The van der Waals surface area contributed by atoms with Crippen molar-refractivity contribution in [2.75, 3.05) is 10.0 Å². The Balaban J connectivity index is 1.77. The van der Waals surface area contributed by atoms with Crippen LogP contribution >= 0.6 is 22.9 Å². The Bertz CT molecular complexity index is 985. The Morgan fingerprint density at radius 1 is 0.960 bits per heavy atom. The van der Waals surface area contributed by atoms with E-state index in [0.29, 0.717) is 21.3 Å². The fraction of sp³-hybridized carbons (Fsp3) is 0. The molecule has 3 aromatic rings. The molecule has 128 valence electrons. The van der Waals surface area contributed by atoms with Crippen molar-refractivity contribution in [3.05, 3.63) is 75.9 Å². The number of sulfonamides is 1. The maximum absolute atomic E-state index is 12.4. The number of thiophene rings is 1. The Morgan fingerprint density at radius 2 is 1.68 bits per heavy atom. The first-order valence-electron chi connectivity index (χ1n) is 7.17. The predicted octanol–water partition coefficient (Wildman–Crippen LogP) is 4.45. The highest BCUT2D eigenvalue weighted by molar-refractivity contribution is 7.92. The lowest BCUT2D eigenvalue weighted by atomic mass is 10.3. The minimum Gasteiger partial charge on any atom is -0.321 e. The van der Waals surface area contributed by atoms with E-state index in [1.165, 1.54) is 35.6 Å². The van der Waals surface area contributed by atoms with E-state index < -0.39 is 10.0 Å². The normalized spacial score (nSPS) is 11.1. The van der Waals surface area contributed by atoms with Gasteiger partial charge in [-0.25, -0.2) is 8.42 Å². The van der Waals surface area contributed by atoms with Crippen molar-refractivity contribution in [2.45, 2.75) is 4.90 Å². The number of rotatable bonds is 5. The van der Waals surface area contributed by atoms with Crippen LogP contribution in [0.4, 0.5) is 11.4 Å². The molecule has 3 rings (SSSR count). The third-order valence-corrected chi connectivity index (χ3v) is 5.76. The minimum atomic E-state index is -3.74. The number of anilines is 2. The summed E-state index contributed by atoms with van der Waals surface area (Å²) in [6.45, 7) is 0. The van der Waals surface area contributed by atoms with Gasteiger partial charge >= 0.3 is 0 Å². The van der Waals surface area contributed by atoms with Gasteiger partial charge in [-0.3, -0.25) is 9.52 Å². The number of amides is 1. The van der Waals surface area contributed by atoms with Crippen LogP contribution in [-0.2, 0) is 10.0 Å². The average Bonchev–Trinajstić information content (AvgIpc) is 3.10. The number of hydrogen-bond donors (Lipinski definition) is 2. The number of halogens is 1. The summed E-state index contributed by atoms with van der Waals surface area (Å²) in [4.78, 5) is 12.8. The van der Waals surface area contributed by atoms with E-state index in [9.17, 15) is 13.2 Å². The largest absolute Gasteiger partial charge is 0.321 e. The second-order valence-electron chi connectivity index (χ2n) is 5.07. The third-order valence-electron chi connectivity index (χ3n) is 3.24. The molecule has 0 spiro atoms. The lowest BCUT2D eigenvalue weighted by Gasteiger charge is -2.10. The zero-order chi connectivity index (χ0) is 17.9. The van der Waals surface area contributed by atoms with Gasteiger partial charge in [0.25, 0.3) is 15.9 Å². The van der Waals surface area contributed by atoms with Gasteiger partial charge in [-0.15, -0.1) is 11.3 Å². The molecule has 0 unspecified atom stereocenters. The van der Waals surface area contributed by atoms with Gasteiger partial charge in [-0.1, -0.05) is 23.7 Å². The van der Waals surface area contributed by atoms with Crippen LogP contribution in [0.25, 0.3) is 0 Å². The molecule has 1 heterocycles. The Kier molecular flexibility index (Phi) is 5.08. The lowest BCUT2D eigenvalue weighted by Crippen LogP contribution is -2.14. The molecule has 1 aromatic heterocycles. The molecule has 0 radical (unpaired) electrons. The Morgan fingerprint density at radius 3 is 2.36 bits per heavy atom. The van der Waals surface area contributed by atoms with Crippen LogP contribution in [0, 0.1) is 0 Å². The molecule has 1 amide bonds. The summed E-state index contributed by atoms with van der Waals surface area (Å²) >= 11 is 7.11. The van der Waals surface area contributed by atoms with Crippen LogP contribution < -0.4 is 10.0 Å². The van der Waals surface area contributed by atoms with Gasteiger partial charge in [-0.05, 0) is 53.9 Å². The molecule has 2 N–H and O–H groups in total. The van der Waals surface area contributed by atoms with E-state index in [0.717, 1.165) is 0 Å². The van der Waals surface area contributed by atoms with E-state index in [-0.39, 0.29) is 10.8 Å². The first kappa shape index (κ1) is 17.5. The fourth-order valence-electron chi connectivity index (χ4n) is 2.09. The van der Waals surface area contributed by atoms with Crippen LogP contribution in [0.3, 0.4) is 0 Å². The molecule has 0 bridgehead atoms. The van der Waals surface area contributed by atoms with Crippen molar-refractivity contribution in [2.24, 2.45) is 0 Å². The number of carbonyl (C=O) groups excluding carboxylic acids is 1. The predicted molar refractivity (Wildman–Crippen MR) is 101 cm³/mol. The van der Waals surface area contributed by atoms with Crippen LogP contribution in [0.15, 0.2) is 70.9 Å². The molecule has 8 heteroatoms. The first-order chi connectivity index (χ1) is 11.9. The standard InChI is InChI=1S/C17H13ClN2O3S2/c18-12-6-8-15(9-7-12)25(22,23)20-14-4-1-3-13(11-14)19-17(21)16-5-2-10-24-16/h1-11,20H,(H,19,21). The molecule has 0 aliphatic rings. The van der Waals surface area contributed by atoms with E-state index in [1.807, 2.05) is 5.38 Å². The van der Waals surface area contributed by atoms with Gasteiger partial charge in [0.15, 0.2) is 0 Å². The van der Waals surface area contributed by atoms with Gasteiger partial charge in [0.1, 0.15) is 0 Å². The van der Waals surface area contributed by atoms with Crippen molar-refractivity contribution in [3.8, 4) is 0 Å². The smallest absolute Gasteiger partial charge is 0.265 e. The zero-order valence-corrected chi connectivity index (χ0v) is 15.2. The zero-order valence-electron chi connectivity index (χ0n) is 12.8. The van der Waals surface area contributed by atoms with Crippen LogP contribution in [0.5, 0.6) is 0 Å². The van der Waals surface area contributed by atoms with E-state index in [2.05, 4.69) is 10.0 Å². The fourth-order valence-corrected chi connectivity index (χ4v) is 3.88. The van der Waals surface area contributed by atoms with Gasteiger partial charge < -0.3 is 5.32 Å². The summed E-state index contributed by atoms with van der Waals surface area (Å²) in [6, 6.07) is 15.9. The summed E-state index contributed by atoms with van der Waals surface area (Å²) in [5.41, 5.74) is 0.841. The van der Waals surface area contributed by atoms with Gasteiger partial charge in [0.2, 0.25) is 0 Å². The number of hydrogen-bond acceptors (Lipinski definition) is 4. The highest BCUT2D eigenvalue weighted by Gasteiger charge is 2.14. The summed E-state index contributed by atoms with van der Waals surface area (Å²) < 4.78 is 27.3. The quantitative estimate of drug-likeness (QED) is 0.673. The number of carbonyl (C=O) groups is 1. The minimum absolute atomic E-state index is 0.102. The van der Waals surface area contributed by atoms with E-state index in [4.69, 9.17) is 11.6 Å². The molecule has 0 aliphatic heterocycles. The number of benzene rings is 2. The van der Waals surface area contributed by atoms with Crippen molar-refractivity contribution >= 4 is 50.2 Å². The van der Waals surface area contributed by atoms with Crippen LogP contribution in [0.1, 0.15) is 9.67 Å². The SMILES string of the molecule is O=C(Nc1cccc(NS(=O)(=O)c2ccc(Cl)cc2)c1)c1cccs1. The number of nitrogens with one attached hydrogen (secondary N) is 2. The third kappa shape index (κ3) is 4.39. The van der Waals surface area contributed by atoms with Crippen molar-refractivity contribution in [3.63, 3.8) is 0 Å². The molecular weight excluding hydrogens is 380 g/mol. The molecule has 25 heavy (non-hydrogen) atoms. The van der Waals surface area contributed by atoms with Crippen LogP contribution in [0.2, 0.25) is 5.02 Å². The molecule has 0 aliphatic carbocycles. The molecule has 0 atom stereocenters. The monoisotopic (exact) mass is 392 g/mol. The second kappa shape index (κ2) is 7.26. The van der Waals surface area contributed by atoms with Gasteiger partial charge in [0, 0.05) is 10.7 Å². The molecule has 2 aromatic carbocycles. The maximum Gasteiger partial charge on any atom is 0.265 e. The topological polar surface area (TPSA) is 75.3 Å². The summed E-state index contributed by atoms with van der Waals surface area (Å²) in [6.07, 6.45) is 0. The highest BCUT2D eigenvalue weighted by Crippen LogP contribution is 2.21. The highest BCUT2D eigenvalue weighted by atomic mass is 35.5. The average molecular weight is 393 g/mol. The van der Waals surface area contributed by atoms with E-state index in [1.54, 1.807) is 36.4 Å². The maximum atomic E-state index is 12.4. The summed E-state index contributed by atoms with van der Waals surface area (Å²) in [5, 5.41) is 5.00. The lowest BCUT2D eigenvalue weighted by molar-refractivity contribution is 0.103. The molecular formula is C17H13ClN2O3S2. The van der Waals surface area contributed by atoms with Gasteiger partial charge in [-0.2, -0.15) is 0 Å². The second-order valence-corrected chi connectivity index (χ2v) is 8.14. The van der Waals surface area contributed by atoms with Crippen molar-refractivity contribution < 1.29 is 13.2 Å². The van der Waals surface area contributed by atoms with E-state index >= 15 is 0 Å². The molecule has 5 nitrogen and oxygen atoms in total. The summed E-state index contributed by atoms with van der Waals surface area (Å²) in [5.74, 6) is -0.243. The first-order valence-corrected chi connectivity index (χ1v) is 9.91. The van der Waals surface area contributed by atoms with Gasteiger partial charge in [0.05, 0.1) is 15.5 Å². The van der Waals surface area contributed by atoms with Crippen molar-refractivity contribution in [1.82, 2.24) is 0 Å². The van der Waals surface area contributed by atoms with Crippen LogP contribution in [-0.4, -0.2) is 14.3 Å². The Hall–Kier alpha value is -2.35. The molecule has 0 fully saturated rings. The summed E-state index contributed by atoms with van der Waals surface area (Å²) in [7, 11) is -3.74.